The molecule has 1 saturated heterocycles. The lowest BCUT2D eigenvalue weighted by atomic mass is 10.1. The number of hydrogen-bond donors (Lipinski definition) is 2. The maximum Gasteiger partial charge on any atom is 0.222 e. The summed E-state index contributed by atoms with van der Waals surface area (Å²) in [5, 5.41) is 6.72. The monoisotopic (exact) mass is 376 g/mol. The minimum Gasteiger partial charge on any atom is -0.357 e. The maximum absolute atomic E-state index is 11.7. The number of guanidine groups is 1. The fraction of sp³-hybridized carbons (Fsp3) is 0.600. The Balaban J connectivity index is 1.90. The van der Waals surface area contributed by atoms with Crippen LogP contribution in [-0.2, 0) is 17.9 Å². The third kappa shape index (κ3) is 6.56. The second-order valence-corrected chi connectivity index (χ2v) is 8.76. The van der Waals surface area contributed by atoms with E-state index in [2.05, 4.69) is 66.9 Å². The van der Waals surface area contributed by atoms with E-state index in [4.69, 9.17) is 0 Å². The number of benzene rings is 1. The average Bonchev–Trinajstić information content (AvgIpc) is 3.03. The first kappa shape index (κ1) is 20.6. The van der Waals surface area contributed by atoms with E-state index in [0.717, 1.165) is 38.6 Å². The summed E-state index contributed by atoms with van der Waals surface area (Å²) in [6.45, 7) is 10.5. The zero-order valence-corrected chi connectivity index (χ0v) is 17.3. The van der Waals surface area contributed by atoms with Crippen LogP contribution >= 0.6 is 11.8 Å². The quantitative estimate of drug-likeness (QED) is 0.541. The van der Waals surface area contributed by atoms with Crippen LogP contribution in [0.25, 0.3) is 0 Å². The fourth-order valence-electron chi connectivity index (χ4n) is 2.72. The van der Waals surface area contributed by atoms with Crippen LogP contribution < -0.4 is 10.6 Å². The van der Waals surface area contributed by atoms with Crippen molar-refractivity contribution in [3.8, 4) is 0 Å². The smallest absolute Gasteiger partial charge is 0.222 e. The van der Waals surface area contributed by atoms with Gasteiger partial charge in [-0.15, -0.1) is 0 Å². The molecular formula is C20H32N4OS. The Morgan fingerprint density at radius 1 is 1.23 bits per heavy atom. The summed E-state index contributed by atoms with van der Waals surface area (Å²) in [4.78, 5) is 18.4. The molecule has 26 heavy (non-hydrogen) atoms. The molecule has 144 valence electrons. The Kier molecular flexibility index (Phi) is 7.82. The highest BCUT2D eigenvalue weighted by molar-refractivity contribution is 7.99. The maximum atomic E-state index is 11.7. The molecule has 1 aromatic carbocycles. The van der Waals surface area contributed by atoms with Crippen molar-refractivity contribution in [1.29, 1.82) is 0 Å². The number of thioether (sulfide) groups is 1. The van der Waals surface area contributed by atoms with Crippen molar-refractivity contribution in [1.82, 2.24) is 15.5 Å². The third-order valence-corrected chi connectivity index (χ3v) is 5.82. The van der Waals surface area contributed by atoms with Crippen LogP contribution in [0.4, 0.5) is 0 Å². The Labute approximate surface area is 162 Å². The summed E-state index contributed by atoms with van der Waals surface area (Å²) < 4.78 is 0.171. The van der Waals surface area contributed by atoms with Crippen molar-refractivity contribution >= 4 is 23.6 Å². The standard InChI is InChI=1S/C20H32N4OS/c1-5-21-19(23-15-20(2,3)26-4)22-13-16-8-10-17(11-9-16)14-24-12-6-7-18(24)25/h8-11H,5-7,12-15H2,1-4H3,(H2,21,22,23). The molecule has 0 unspecified atom stereocenters. The molecule has 5 nitrogen and oxygen atoms in total. The van der Waals surface area contributed by atoms with Gasteiger partial charge in [0.15, 0.2) is 5.96 Å². The van der Waals surface area contributed by atoms with Gasteiger partial charge in [-0.25, -0.2) is 4.99 Å². The number of carbonyl (C=O) groups excluding carboxylic acids is 1. The first-order valence-corrected chi connectivity index (χ1v) is 10.6. The van der Waals surface area contributed by atoms with Crippen LogP contribution in [-0.4, -0.2) is 47.4 Å². The summed E-state index contributed by atoms with van der Waals surface area (Å²) >= 11 is 1.84. The summed E-state index contributed by atoms with van der Waals surface area (Å²) in [6, 6.07) is 8.42. The van der Waals surface area contributed by atoms with Gasteiger partial charge in [0, 0.05) is 37.3 Å². The highest BCUT2D eigenvalue weighted by Gasteiger charge is 2.19. The molecule has 6 heteroatoms. The lowest BCUT2D eigenvalue weighted by Crippen LogP contribution is -2.43. The molecule has 0 aliphatic carbocycles. The van der Waals surface area contributed by atoms with Gasteiger partial charge in [0.1, 0.15) is 0 Å². The number of hydrogen-bond acceptors (Lipinski definition) is 3. The molecule has 1 heterocycles. The van der Waals surface area contributed by atoms with E-state index in [1.54, 1.807) is 0 Å². The highest BCUT2D eigenvalue weighted by atomic mass is 32.2. The van der Waals surface area contributed by atoms with Crippen LogP contribution in [0.1, 0.15) is 44.7 Å². The lowest BCUT2D eigenvalue weighted by molar-refractivity contribution is -0.128. The Morgan fingerprint density at radius 3 is 2.50 bits per heavy atom. The molecule has 0 atom stereocenters. The normalized spacial score (nSPS) is 15.5. The van der Waals surface area contributed by atoms with Crippen molar-refractivity contribution < 1.29 is 4.79 Å². The van der Waals surface area contributed by atoms with E-state index in [1.165, 1.54) is 11.1 Å². The van der Waals surface area contributed by atoms with Crippen molar-refractivity contribution in [2.24, 2.45) is 4.99 Å². The van der Waals surface area contributed by atoms with E-state index in [-0.39, 0.29) is 10.7 Å². The van der Waals surface area contributed by atoms with Crippen molar-refractivity contribution in [3.63, 3.8) is 0 Å². The SMILES string of the molecule is CCNC(=NCc1ccc(CN2CCCC2=O)cc1)NCC(C)(C)SC. The molecule has 1 fully saturated rings. The average molecular weight is 377 g/mol. The van der Waals surface area contributed by atoms with Crippen LogP contribution in [0.5, 0.6) is 0 Å². The van der Waals surface area contributed by atoms with E-state index in [9.17, 15) is 4.79 Å². The van der Waals surface area contributed by atoms with Gasteiger partial charge in [0.05, 0.1) is 6.54 Å². The first-order valence-electron chi connectivity index (χ1n) is 9.36. The van der Waals surface area contributed by atoms with Gasteiger partial charge in [0.25, 0.3) is 0 Å². The van der Waals surface area contributed by atoms with E-state index in [0.29, 0.717) is 13.0 Å². The Morgan fingerprint density at radius 2 is 1.92 bits per heavy atom. The lowest BCUT2D eigenvalue weighted by Gasteiger charge is -2.23. The van der Waals surface area contributed by atoms with Gasteiger partial charge in [-0.3, -0.25) is 4.79 Å². The highest BCUT2D eigenvalue weighted by Crippen LogP contribution is 2.19. The Hall–Kier alpha value is -1.69. The number of likely N-dealkylation sites (tertiary alicyclic amines) is 1. The topological polar surface area (TPSA) is 56.7 Å². The number of carbonyl (C=O) groups is 1. The van der Waals surface area contributed by atoms with Crippen LogP contribution in [0.3, 0.4) is 0 Å². The number of nitrogens with zero attached hydrogens (tertiary/aromatic N) is 2. The van der Waals surface area contributed by atoms with Gasteiger partial charge in [-0.1, -0.05) is 24.3 Å². The van der Waals surface area contributed by atoms with Crippen molar-refractivity contribution in [3.05, 3.63) is 35.4 Å². The number of rotatable bonds is 8. The minimum absolute atomic E-state index is 0.171. The molecule has 1 aromatic rings. The molecule has 1 aliphatic rings. The zero-order valence-electron chi connectivity index (χ0n) is 16.5. The summed E-state index contributed by atoms with van der Waals surface area (Å²) in [6.07, 6.45) is 3.81. The molecule has 0 aromatic heterocycles. The van der Waals surface area contributed by atoms with Gasteiger partial charge in [0.2, 0.25) is 5.91 Å². The van der Waals surface area contributed by atoms with Crippen molar-refractivity contribution in [2.45, 2.75) is 51.4 Å². The number of amides is 1. The molecule has 1 amide bonds. The molecule has 0 radical (unpaired) electrons. The van der Waals surface area contributed by atoms with Gasteiger partial charge in [-0.2, -0.15) is 11.8 Å². The molecule has 0 saturated carbocycles. The van der Waals surface area contributed by atoms with E-state index in [1.807, 2.05) is 16.7 Å². The zero-order chi connectivity index (χ0) is 19.0. The summed E-state index contributed by atoms with van der Waals surface area (Å²) in [5.74, 6) is 1.12. The summed E-state index contributed by atoms with van der Waals surface area (Å²) in [7, 11) is 0. The third-order valence-electron chi connectivity index (χ3n) is 4.57. The second kappa shape index (κ2) is 9.86. The van der Waals surface area contributed by atoms with Crippen LogP contribution in [0, 0.1) is 0 Å². The van der Waals surface area contributed by atoms with Crippen molar-refractivity contribution in [2.75, 3.05) is 25.9 Å². The second-order valence-electron chi connectivity index (χ2n) is 7.25. The predicted octanol–water partition coefficient (Wildman–Crippen LogP) is 3.01. The van der Waals surface area contributed by atoms with Gasteiger partial charge < -0.3 is 15.5 Å². The Bertz CT molecular complexity index is 613. The number of nitrogens with one attached hydrogen (secondary N) is 2. The van der Waals surface area contributed by atoms with Crippen LogP contribution in [0.15, 0.2) is 29.3 Å². The van der Waals surface area contributed by atoms with Crippen LogP contribution in [0.2, 0.25) is 0 Å². The minimum atomic E-state index is 0.171. The van der Waals surface area contributed by atoms with E-state index < -0.39 is 0 Å². The number of aliphatic imine (C=N–C) groups is 1. The largest absolute Gasteiger partial charge is 0.357 e. The molecule has 0 bridgehead atoms. The molecule has 2 N–H and O–H groups in total. The molecule has 1 aliphatic heterocycles. The fourth-order valence-corrected chi connectivity index (χ4v) is 2.94. The molecule has 0 spiro atoms. The van der Waals surface area contributed by atoms with Gasteiger partial charge >= 0.3 is 0 Å². The molecular weight excluding hydrogens is 344 g/mol. The molecule has 2 rings (SSSR count). The predicted molar refractivity (Wildman–Crippen MR) is 112 cm³/mol. The van der Waals surface area contributed by atoms with E-state index >= 15 is 0 Å². The summed E-state index contributed by atoms with van der Waals surface area (Å²) in [5.41, 5.74) is 2.35. The first-order chi connectivity index (χ1) is 12.4. The van der Waals surface area contributed by atoms with Gasteiger partial charge in [-0.05, 0) is 44.6 Å².